The van der Waals surface area contributed by atoms with E-state index in [9.17, 15) is 4.39 Å². The van der Waals surface area contributed by atoms with Gasteiger partial charge in [-0.15, -0.1) is 11.3 Å². The highest BCUT2D eigenvalue weighted by molar-refractivity contribution is 7.09. The molecule has 2 nitrogen and oxygen atoms in total. The molecule has 0 amide bonds. The first-order chi connectivity index (χ1) is 8.59. The van der Waals surface area contributed by atoms with Gasteiger partial charge < -0.3 is 10.6 Å². The summed E-state index contributed by atoms with van der Waals surface area (Å²) in [6, 6.07) is 8.94. The van der Waals surface area contributed by atoms with Crippen molar-refractivity contribution >= 4 is 17.0 Å². The highest BCUT2D eigenvalue weighted by atomic mass is 32.1. The van der Waals surface area contributed by atoms with E-state index < -0.39 is 0 Å². The first kappa shape index (κ1) is 13.1. The van der Waals surface area contributed by atoms with Gasteiger partial charge in [0.25, 0.3) is 0 Å². The summed E-state index contributed by atoms with van der Waals surface area (Å²) in [5.41, 5.74) is 7.34. The van der Waals surface area contributed by atoms with E-state index in [4.69, 9.17) is 5.73 Å². The third-order valence-electron chi connectivity index (χ3n) is 2.86. The van der Waals surface area contributed by atoms with Crippen LogP contribution in [0.5, 0.6) is 0 Å². The van der Waals surface area contributed by atoms with Crippen molar-refractivity contribution in [3.05, 3.63) is 52.0 Å². The van der Waals surface area contributed by atoms with Crippen LogP contribution < -0.4 is 10.6 Å². The van der Waals surface area contributed by atoms with Gasteiger partial charge in [0.05, 0.1) is 12.2 Å². The molecule has 0 aliphatic heterocycles. The summed E-state index contributed by atoms with van der Waals surface area (Å²) in [6.45, 7) is 2.57. The molecule has 0 bridgehead atoms. The number of hydrogen-bond donors (Lipinski definition) is 1. The quantitative estimate of drug-likeness (QED) is 0.915. The zero-order valence-electron chi connectivity index (χ0n) is 10.6. The van der Waals surface area contributed by atoms with Crippen LogP contribution in [0, 0.1) is 5.82 Å². The summed E-state index contributed by atoms with van der Waals surface area (Å²) in [4.78, 5) is 3.12. The lowest BCUT2D eigenvalue weighted by Gasteiger charge is -2.24. The minimum atomic E-state index is -0.219. The van der Waals surface area contributed by atoms with E-state index in [0.29, 0.717) is 12.2 Å². The zero-order valence-corrected chi connectivity index (χ0v) is 11.4. The predicted molar refractivity (Wildman–Crippen MR) is 75.4 cm³/mol. The van der Waals surface area contributed by atoms with Gasteiger partial charge in [-0.25, -0.2) is 4.39 Å². The molecule has 0 aliphatic carbocycles. The van der Waals surface area contributed by atoms with E-state index in [2.05, 4.69) is 0 Å². The Kier molecular flexibility index (Phi) is 3.99. The van der Waals surface area contributed by atoms with Gasteiger partial charge in [-0.1, -0.05) is 18.2 Å². The number of nitrogens with two attached hydrogens (primary N) is 1. The van der Waals surface area contributed by atoms with Crippen molar-refractivity contribution < 1.29 is 4.39 Å². The molecule has 1 aromatic heterocycles. The predicted octanol–water partition coefficient (Wildman–Crippen LogP) is 3.54. The Morgan fingerprint density at radius 1 is 1.33 bits per heavy atom. The highest BCUT2D eigenvalue weighted by Crippen LogP contribution is 2.29. The molecule has 2 rings (SSSR count). The third-order valence-corrected chi connectivity index (χ3v) is 3.72. The van der Waals surface area contributed by atoms with Gasteiger partial charge in [0, 0.05) is 18.0 Å². The maximum absolute atomic E-state index is 14.0. The van der Waals surface area contributed by atoms with Gasteiger partial charge in [-0.2, -0.15) is 0 Å². The molecule has 18 heavy (non-hydrogen) atoms. The van der Waals surface area contributed by atoms with Crippen LogP contribution in [0.2, 0.25) is 0 Å². The molecular formula is C14H17FN2S. The number of rotatable bonds is 4. The topological polar surface area (TPSA) is 29.3 Å². The van der Waals surface area contributed by atoms with E-state index in [-0.39, 0.29) is 11.9 Å². The van der Waals surface area contributed by atoms with Crippen molar-refractivity contribution in [2.45, 2.75) is 19.5 Å². The van der Waals surface area contributed by atoms with Crippen LogP contribution in [0.1, 0.15) is 23.4 Å². The molecule has 4 heteroatoms. The molecule has 0 saturated heterocycles. The van der Waals surface area contributed by atoms with Crippen LogP contribution in [-0.4, -0.2) is 7.05 Å². The monoisotopic (exact) mass is 264 g/mol. The van der Waals surface area contributed by atoms with Gasteiger partial charge in [0.15, 0.2) is 0 Å². The van der Waals surface area contributed by atoms with Crippen molar-refractivity contribution in [1.82, 2.24) is 0 Å². The Hall–Kier alpha value is -1.39. The molecule has 0 unspecified atom stereocenters. The summed E-state index contributed by atoms with van der Waals surface area (Å²) in [6.07, 6.45) is 0. The van der Waals surface area contributed by atoms with E-state index >= 15 is 0 Å². The molecular weight excluding hydrogens is 247 g/mol. The lowest BCUT2D eigenvalue weighted by molar-refractivity contribution is 0.616. The van der Waals surface area contributed by atoms with Crippen molar-refractivity contribution in [2.24, 2.45) is 5.73 Å². The first-order valence-electron chi connectivity index (χ1n) is 5.87. The largest absolute Gasteiger partial charge is 0.367 e. The van der Waals surface area contributed by atoms with Gasteiger partial charge in [0.2, 0.25) is 0 Å². The number of halogens is 1. The molecule has 1 heterocycles. The van der Waals surface area contributed by atoms with E-state index in [0.717, 1.165) is 5.56 Å². The standard InChI is InChI=1S/C14H17FN2S/c1-10(16)12-6-3-7-13(15)14(12)17(2)9-11-5-4-8-18-11/h3-8,10H,9,16H2,1-2H3/t10-/m1/s1. The average Bonchev–Trinajstić information content (AvgIpc) is 2.81. The first-order valence-corrected chi connectivity index (χ1v) is 6.75. The second kappa shape index (κ2) is 5.50. The lowest BCUT2D eigenvalue weighted by atomic mass is 10.1. The fourth-order valence-electron chi connectivity index (χ4n) is 2.02. The fraction of sp³-hybridized carbons (Fsp3) is 0.286. The van der Waals surface area contributed by atoms with Crippen molar-refractivity contribution in [2.75, 3.05) is 11.9 Å². The highest BCUT2D eigenvalue weighted by Gasteiger charge is 2.15. The van der Waals surface area contributed by atoms with Crippen LogP contribution in [0.25, 0.3) is 0 Å². The molecule has 0 spiro atoms. The lowest BCUT2D eigenvalue weighted by Crippen LogP contribution is -2.21. The Balaban J connectivity index is 2.31. The number of benzene rings is 1. The van der Waals surface area contributed by atoms with Gasteiger partial charge >= 0.3 is 0 Å². The Labute approximate surface area is 111 Å². The molecule has 1 aromatic carbocycles. The number of para-hydroxylation sites is 1. The molecule has 2 N–H and O–H groups in total. The molecule has 0 aliphatic rings. The van der Waals surface area contributed by atoms with Gasteiger partial charge in [0.1, 0.15) is 5.82 Å². The van der Waals surface area contributed by atoms with E-state index in [1.807, 2.05) is 42.5 Å². The third kappa shape index (κ3) is 2.71. The maximum atomic E-state index is 14.0. The SMILES string of the molecule is C[C@@H](N)c1cccc(F)c1N(C)Cc1cccs1. The van der Waals surface area contributed by atoms with Crippen LogP contribution in [0.3, 0.4) is 0 Å². The minimum Gasteiger partial charge on any atom is -0.367 e. The van der Waals surface area contributed by atoms with Crippen LogP contribution in [-0.2, 0) is 6.54 Å². The number of hydrogen-bond acceptors (Lipinski definition) is 3. The second-order valence-electron chi connectivity index (χ2n) is 4.40. The number of nitrogens with zero attached hydrogens (tertiary/aromatic N) is 1. The second-order valence-corrected chi connectivity index (χ2v) is 5.43. The average molecular weight is 264 g/mol. The summed E-state index contributed by atoms with van der Waals surface area (Å²) in [5.74, 6) is -0.219. The Bertz CT molecular complexity index is 509. The molecule has 0 fully saturated rings. The van der Waals surface area contributed by atoms with Crippen LogP contribution in [0.15, 0.2) is 35.7 Å². The molecule has 0 saturated carbocycles. The van der Waals surface area contributed by atoms with Crippen molar-refractivity contribution in [3.63, 3.8) is 0 Å². The zero-order chi connectivity index (χ0) is 13.1. The summed E-state index contributed by atoms with van der Waals surface area (Å²) in [7, 11) is 1.89. The molecule has 0 radical (unpaired) electrons. The Morgan fingerprint density at radius 3 is 2.72 bits per heavy atom. The van der Waals surface area contributed by atoms with E-state index in [1.165, 1.54) is 10.9 Å². The maximum Gasteiger partial charge on any atom is 0.146 e. The van der Waals surface area contributed by atoms with Crippen LogP contribution in [0.4, 0.5) is 10.1 Å². The van der Waals surface area contributed by atoms with E-state index in [1.54, 1.807) is 17.4 Å². The summed E-state index contributed by atoms with van der Waals surface area (Å²) < 4.78 is 14.0. The smallest absolute Gasteiger partial charge is 0.146 e. The van der Waals surface area contributed by atoms with Crippen molar-refractivity contribution in [1.29, 1.82) is 0 Å². The fourth-order valence-corrected chi connectivity index (χ4v) is 2.77. The number of thiophene rings is 1. The normalized spacial score (nSPS) is 12.4. The minimum absolute atomic E-state index is 0.179. The van der Waals surface area contributed by atoms with Crippen LogP contribution >= 0.6 is 11.3 Å². The summed E-state index contributed by atoms with van der Waals surface area (Å²) >= 11 is 1.67. The summed E-state index contributed by atoms with van der Waals surface area (Å²) in [5, 5.41) is 2.02. The molecule has 96 valence electrons. The Morgan fingerprint density at radius 2 is 2.11 bits per heavy atom. The van der Waals surface area contributed by atoms with Gasteiger partial charge in [-0.05, 0) is 30.0 Å². The van der Waals surface area contributed by atoms with Gasteiger partial charge in [-0.3, -0.25) is 0 Å². The molecule has 1 atom stereocenters. The molecule has 2 aromatic rings. The number of anilines is 1. The van der Waals surface area contributed by atoms with Crippen molar-refractivity contribution in [3.8, 4) is 0 Å².